The summed E-state index contributed by atoms with van der Waals surface area (Å²) in [6.45, 7) is 9.66. The van der Waals surface area contributed by atoms with Gasteiger partial charge < -0.3 is 29.0 Å². The number of cyclic esters (lactones) is 1. The molecule has 0 aromatic heterocycles. The Morgan fingerprint density at radius 3 is 2.52 bits per heavy atom. The number of esters is 2. The second-order valence-electron chi connectivity index (χ2n) is 9.14. The first-order valence-electron chi connectivity index (χ1n) is 11.2. The maximum Gasteiger partial charge on any atom is 0.408 e. The molecule has 1 aliphatic heterocycles. The summed E-state index contributed by atoms with van der Waals surface area (Å²) >= 11 is 0. The molecule has 4 atom stereocenters. The number of hydrogen-bond donors (Lipinski definition) is 1. The Morgan fingerprint density at radius 2 is 1.90 bits per heavy atom. The number of ether oxygens (including phenoxy) is 5. The van der Waals surface area contributed by atoms with E-state index in [9.17, 15) is 14.4 Å². The van der Waals surface area contributed by atoms with Crippen molar-refractivity contribution in [1.29, 1.82) is 0 Å². The third-order valence-electron chi connectivity index (χ3n) is 4.93. The predicted octanol–water partition coefficient (Wildman–Crippen LogP) is 2.74. The number of amides is 1. The van der Waals surface area contributed by atoms with E-state index >= 15 is 0 Å². The summed E-state index contributed by atoms with van der Waals surface area (Å²) in [6.07, 6.45) is 1.24. The minimum atomic E-state index is -1.03. The maximum atomic E-state index is 12.7. The molecule has 0 aromatic rings. The largest absolute Gasteiger partial charge is 0.457 e. The van der Waals surface area contributed by atoms with Gasteiger partial charge >= 0.3 is 18.0 Å². The number of carbonyl (C=O) groups excluding carboxylic acids is 3. The molecule has 9 heteroatoms. The monoisotopic (exact) mass is 443 g/mol. The molecule has 1 saturated heterocycles. The molecule has 31 heavy (non-hydrogen) atoms. The molecule has 1 amide bonds. The van der Waals surface area contributed by atoms with Gasteiger partial charge in [-0.25, -0.2) is 9.59 Å². The van der Waals surface area contributed by atoms with E-state index in [1.54, 1.807) is 27.7 Å². The number of carbonyl (C=O) groups is 3. The predicted molar refractivity (Wildman–Crippen MR) is 111 cm³/mol. The topological polar surface area (TPSA) is 109 Å². The van der Waals surface area contributed by atoms with Crippen LogP contribution in [0.25, 0.3) is 0 Å². The van der Waals surface area contributed by atoms with Crippen molar-refractivity contribution < 1.29 is 38.1 Å². The van der Waals surface area contributed by atoms with Gasteiger partial charge in [0.25, 0.3) is 0 Å². The van der Waals surface area contributed by atoms with Crippen LogP contribution in [0.1, 0.15) is 66.7 Å². The minimum Gasteiger partial charge on any atom is -0.457 e. The van der Waals surface area contributed by atoms with Crippen LogP contribution in [0.15, 0.2) is 0 Å². The fourth-order valence-electron chi connectivity index (χ4n) is 3.10. The van der Waals surface area contributed by atoms with Crippen molar-refractivity contribution in [2.75, 3.05) is 19.8 Å². The van der Waals surface area contributed by atoms with Gasteiger partial charge in [-0.1, -0.05) is 13.3 Å². The third kappa shape index (κ3) is 9.03. The van der Waals surface area contributed by atoms with Crippen LogP contribution < -0.4 is 5.32 Å². The summed E-state index contributed by atoms with van der Waals surface area (Å²) < 4.78 is 28.1. The van der Waals surface area contributed by atoms with Crippen LogP contribution >= 0.6 is 0 Å². The van der Waals surface area contributed by atoms with E-state index in [1.807, 2.05) is 0 Å². The van der Waals surface area contributed by atoms with E-state index in [2.05, 4.69) is 12.2 Å². The Hall–Kier alpha value is -1.87. The van der Waals surface area contributed by atoms with Crippen molar-refractivity contribution in [2.45, 2.75) is 96.7 Å². The van der Waals surface area contributed by atoms with Crippen molar-refractivity contribution in [2.24, 2.45) is 5.92 Å². The van der Waals surface area contributed by atoms with Crippen LogP contribution in [0.5, 0.6) is 0 Å². The fourth-order valence-corrected chi connectivity index (χ4v) is 3.10. The van der Waals surface area contributed by atoms with E-state index in [0.29, 0.717) is 13.0 Å². The SMILES string of the molecule is CCCCO[C@H]1CCOC[C@H](NC(=O)OC(C)(C)C)C(=O)O[C@@H](C)[C@@H]1OC(=O)C1CC1. The van der Waals surface area contributed by atoms with Crippen LogP contribution in [0, 0.1) is 5.92 Å². The van der Waals surface area contributed by atoms with Gasteiger partial charge in [0.15, 0.2) is 12.1 Å². The van der Waals surface area contributed by atoms with Gasteiger partial charge in [-0.3, -0.25) is 4.79 Å². The van der Waals surface area contributed by atoms with Crippen LogP contribution in [0.3, 0.4) is 0 Å². The van der Waals surface area contributed by atoms with E-state index in [1.165, 1.54) is 0 Å². The van der Waals surface area contributed by atoms with Crippen LogP contribution in [0.2, 0.25) is 0 Å². The molecule has 0 radical (unpaired) electrons. The summed E-state index contributed by atoms with van der Waals surface area (Å²) in [6, 6.07) is -1.03. The minimum absolute atomic E-state index is 0.0565. The summed E-state index contributed by atoms with van der Waals surface area (Å²) in [5.74, 6) is -1.06. The van der Waals surface area contributed by atoms with E-state index < -0.39 is 42.0 Å². The van der Waals surface area contributed by atoms with Gasteiger partial charge in [-0.15, -0.1) is 0 Å². The molecule has 1 N–H and O–H groups in total. The first-order valence-corrected chi connectivity index (χ1v) is 11.2. The van der Waals surface area contributed by atoms with Gasteiger partial charge in [0.05, 0.1) is 12.5 Å². The zero-order valence-corrected chi connectivity index (χ0v) is 19.3. The Labute approximate surface area is 184 Å². The number of nitrogens with one attached hydrogen (secondary N) is 1. The number of hydrogen-bond acceptors (Lipinski definition) is 8. The molecule has 2 aliphatic rings. The van der Waals surface area contributed by atoms with Gasteiger partial charge in [0, 0.05) is 19.6 Å². The Balaban J connectivity index is 2.08. The molecular weight excluding hydrogens is 406 g/mol. The van der Waals surface area contributed by atoms with Crippen molar-refractivity contribution in [3.05, 3.63) is 0 Å². The molecule has 1 saturated carbocycles. The zero-order valence-electron chi connectivity index (χ0n) is 19.3. The quantitative estimate of drug-likeness (QED) is 0.363. The smallest absolute Gasteiger partial charge is 0.408 e. The van der Waals surface area contributed by atoms with E-state index in [-0.39, 0.29) is 25.1 Å². The molecular formula is C22H37NO8. The molecule has 2 fully saturated rings. The Kier molecular flexibility index (Phi) is 9.55. The molecule has 0 aromatic carbocycles. The standard InChI is InChI=1S/C22H37NO8/c1-6-7-11-28-17-10-12-27-13-16(23-21(26)31-22(3,4)5)20(25)29-14(2)18(17)30-19(24)15-8-9-15/h14-18H,6-13H2,1-5H3,(H,23,26)/t14-,16-,17-,18-/m0/s1. The molecule has 1 heterocycles. The van der Waals surface area contributed by atoms with Gasteiger partial charge in [0.1, 0.15) is 17.8 Å². The Morgan fingerprint density at radius 1 is 1.19 bits per heavy atom. The maximum absolute atomic E-state index is 12.7. The highest BCUT2D eigenvalue weighted by Gasteiger charge is 2.40. The molecule has 0 bridgehead atoms. The molecule has 0 unspecified atom stereocenters. The number of unbranched alkanes of at least 4 members (excludes halogenated alkanes) is 1. The second kappa shape index (κ2) is 11.7. The van der Waals surface area contributed by atoms with Crippen molar-refractivity contribution in [3.63, 3.8) is 0 Å². The summed E-state index contributed by atoms with van der Waals surface area (Å²) in [5.41, 5.74) is -0.705. The lowest BCUT2D eigenvalue weighted by Crippen LogP contribution is -2.51. The van der Waals surface area contributed by atoms with Crippen molar-refractivity contribution >= 4 is 18.0 Å². The van der Waals surface area contributed by atoms with Crippen LogP contribution in [0.4, 0.5) is 4.79 Å². The second-order valence-corrected chi connectivity index (χ2v) is 9.14. The van der Waals surface area contributed by atoms with Crippen molar-refractivity contribution in [3.8, 4) is 0 Å². The van der Waals surface area contributed by atoms with Crippen LogP contribution in [-0.2, 0) is 33.3 Å². The van der Waals surface area contributed by atoms with Gasteiger partial charge in [-0.2, -0.15) is 0 Å². The first kappa shape index (κ1) is 25.4. The van der Waals surface area contributed by atoms with Gasteiger partial charge in [-0.05, 0) is 47.0 Å². The lowest BCUT2D eigenvalue weighted by molar-refractivity contribution is -0.185. The molecule has 1 aliphatic carbocycles. The van der Waals surface area contributed by atoms with Crippen LogP contribution in [-0.4, -0.2) is 67.8 Å². The van der Waals surface area contributed by atoms with Gasteiger partial charge in [0.2, 0.25) is 0 Å². The third-order valence-corrected chi connectivity index (χ3v) is 4.93. The summed E-state index contributed by atoms with van der Waals surface area (Å²) in [4.78, 5) is 37.2. The summed E-state index contributed by atoms with van der Waals surface area (Å²) in [5, 5.41) is 2.50. The normalized spacial score (nSPS) is 27.7. The van der Waals surface area contributed by atoms with Crippen molar-refractivity contribution in [1.82, 2.24) is 5.32 Å². The highest BCUT2D eigenvalue weighted by molar-refractivity contribution is 5.81. The van der Waals surface area contributed by atoms with E-state index in [4.69, 9.17) is 23.7 Å². The highest BCUT2D eigenvalue weighted by atomic mass is 16.6. The average Bonchev–Trinajstić information content (AvgIpc) is 3.50. The zero-order chi connectivity index (χ0) is 23.0. The number of alkyl carbamates (subject to hydrolysis) is 1. The molecule has 9 nitrogen and oxygen atoms in total. The average molecular weight is 444 g/mol. The molecule has 178 valence electrons. The molecule has 0 spiro atoms. The Bertz CT molecular complexity index is 613. The lowest BCUT2D eigenvalue weighted by Gasteiger charge is -2.33. The number of rotatable bonds is 7. The highest BCUT2D eigenvalue weighted by Crippen LogP contribution is 2.32. The fraction of sp³-hybridized carbons (Fsp3) is 0.864. The first-order chi connectivity index (χ1) is 14.6. The van der Waals surface area contributed by atoms with E-state index in [0.717, 1.165) is 25.7 Å². The molecule has 2 rings (SSSR count). The lowest BCUT2D eigenvalue weighted by atomic mass is 10.0. The summed E-state index contributed by atoms with van der Waals surface area (Å²) in [7, 11) is 0.